The number of nitrogens with zero attached hydrogens (tertiary/aromatic N) is 2. The summed E-state index contributed by atoms with van der Waals surface area (Å²) in [5.41, 5.74) is 0.804. The van der Waals surface area contributed by atoms with E-state index in [0.29, 0.717) is 11.7 Å². The maximum absolute atomic E-state index is 5.50. The smallest absolute Gasteiger partial charge is 0.232 e. The summed E-state index contributed by atoms with van der Waals surface area (Å²) < 4.78 is 5.50. The first-order valence-electron chi connectivity index (χ1n) is 6.86. The summed E-state index contributed by atoms with van der Waals surface area (Å²) in [4.78, 5) is 7.66. The minimum atomic E-state index is -0.0920. The Bertz CT molecular complexity index is 523. The molecule has 0 bridgehead atoms. The molecular weight excluding hydrogens is 240 g/mol. The highest BCUT2D eigenvalue weighted by Gasteiger charge is 2.37. The number of nitrogens with one attached hydrogen (secondary N) is 2. The summed E-state index contributed by atoms with van der Waals surface area (Å²) in [6.45, 7) is 6.52. The van der Waals surface area contributed by atoms with Crippen LogP contribution in [0.5, 0.6) is 0 Å². The normalized spacial score (nSPS) is 20.6. The fourth-order valence-electron chi connectivity index (χ4n) is 2.71. The average Bonchev–Trinajstić information content (AvgIpc) is 3.10. The van der Waals surface area contributed by atoms with Crippen LogP contribution >= 0.6 is 0 Å². The molecule has 3 heterocycles. The third-order valence-electron chi connectivity index (χ3n) is 4.13. The van der Waals surface area contributed by atoms with Crippen molar-refractivity contribution >= 4 is 0 Å². The third kappa shape index (κ3) is 2.30. The second-order valence-corrected chi connectivity index (χ2v) is 5.77. The fourth-order valence-corrected chi connectivity index (χ4v) is 2.71. The Hall–Kier alpha value is -1.62. The van der Waals surface area contributed by atoms with Crippen LogP contribution in [0.1, 0.15) is 32.6 Å². The van der Waals surface area contributed by atoms with Gasteiger partial charge in [-0.1, -0.05) is 19.0 Å². The fraction of sp³-hybridized carbons (Fsp3) is 0.571. The first kappa shape index (κ1) is 12.4. The second-order valence-electron chi connectivity index (χ2n) is 5.77. The zero-order chi connectivity index (χ0) is 13.3. The molecule has 1 fully saturated rings. The van der Waals surface area contributed by atoms with Gasteiger partial charge in [-0.05, 0) is 44.0 Å². The Morgan fingerprint density at radius 1 is 1.42 bits per heavy atom. The van der Waals surface area contributed by atoms with Crippen LogP contribution in [-0.4, -0.2) is 28.2 Å². The van der Waals surface area contributed by atoms with Crippen molar-refractivity contribution < 1.29 is 4.52 Å². The SMILES string of the molecule is CC(C)(c1nc(-c2ccc[nH]2)no1)C1CCCNC1. The van der Waals surface area contributed by atoms with Crippen molar-refractivity contribution in [3.63, 3.8) is 0 Å². The summed E-state index contributed by atoms with van der Waals surface area (Å²) in [6, 6.07) is 3.88. The average molecular weight is 260 g/mol. The molecule has 1 unspecified atom stereocenters. The monoisotopic (exact) mass is 260 g/mol. The molecule has 2 N–H and O–H groups in total. The molecule has 1 aliphatic rings. The summed E-state index contributed by atoms with van der Waals surface area (Å²) >= 11 is 0. The predicted octanol–water partition coefficient (Wildman–Crippen LogP) is 2.34. The van der Waals surface area contributed by atoms with Gasteiger partial charge in [-0.3, -0.25) is 0 Å². The van der Waals surface area contributed by atoms with Gasteiger partial charge >= 0.3 is 0 Å². The van der Waals surface area contributed by atoms with Crippen LogP contribution in [-0.2, 0) is 5.41 Å². The van der Waals surface area contributed by atoms with E-state index in [1.807, 2.05) is 18.3 Å². The van der Waals surface area contributed by atoms with E-state index >= 15 is 0 Å². The van der Waals surface area contributed by atoms with Crippen molar-refractivity contribution in [1.82, 2.24) is 20.4 Å². The van der Waals surface area contributed by atoms with Gasteiger partial charge < -0.3 is 14.8 Å². The van der Waals surface area contributed by atoms with Crippen LogP contribution in [0, 0.1) is 5.92 Å². The standard InChI is InChI=1S/C14H20N4O/c1-14(2,10-5-3-7-15-9-10)13-17-12(18-19-13)11-6-4-8-16-11/h4,6,8,10,15-16H,3,5,7,9H2,1-2H3. The molecule has 0 saturated carbocycles. The van der Waals surface area contributed by atoms with E-state index in [1.165, 1.54) is 12.8 Å². The van der Waals surface area contributed by atoms with Crippen molar-refractivity contribution in [3.05, 3.63) is 24.2 Å². The highest BCUT2D eigenvalue weighted by molar-refractivity contribution is 5.48. The van der Waals surface area contributed by atoms with Crippen LogP contribution in [0.3, 0.4) is 0 Å². The molecule has 2 aromatic heterocycles. The first-order valence-corrected chi connectivity index (χ1v) is 6.86. The van der Waals surface area contributed by atoms with E-state index < -0.39 is 0 Å². The van der Waals surface area contributed by atoms with Gasteiger partial charge in [0.1, 0.15) is 0 Å². The molecule has 0 aliphatic carbocycles. The molecule has 1 atom stereocenters. The number of piperidine rings is 1. The van der Waals surface area contributed by atoms with Crippen LogP contribution < -0.4 is 5.32 Å². The lowest BCUT2D eigenvalue weighted by atomic mass is 9.75. The third-order valence-corrected chi connectivity index (χ3v) is 4.13. The van der Waals surface area contributed by atoms with E-state index in [2.05, 4.69) is 34.3 Å². The Labute approximate surface area is 112 Å². The van der Waals surface area contributed by atoms with Gasteiger partial charge in [-0.15, -0.1) is 0 Å². The minimum absolute atomic E-state index is 0.0920. The second kappa shape index (κ2) is 4.81. The van der Waals surface area contributed by atoms with Gasteiger partial charge in [-0.25, -0.2) is 0 Å². The Kier molecular flexibility index (Phi) is 3.14. The number of aromatic amines is 1. The lowest BCUT2D eigenvalue weighted by Gasteiger charge is -2.34. The molecule has 0 spiro atoms. The lowest BCUT2D eigenvalue weighted by molar-refractivity contribution is 0.196. The summed E-state index contributed by atoms with van der Waals surface area (Å²) in [7, 11) is 0. The zero-order valence-corrected chi connectivity index (χ0v) is 11.4. The molecule has 0 radical (unpaired) electrons. The van der Waals surface area contributed by atoms with Gasteiger partial charge in [0.05, 0.1) is 5.69 Å². The Morgan fingerprint density at radius 2 is 2.32 bits per heavy atom. The van der Waals surface area contributed by atoms with Gasteiger partial charge in [0.15, 0.2) is 0 Å². The van der Waals surface area contributed by atoms with Crippen molar-refractivity contribution in [1.29, 1.82) is 0 Å². The van der Waals surface area contributed by atoms with Crippen molar-refractivity contribution in [3.8, 4) is 11.5 Å². The maximum atomic E-state index is 5.50. The topological polar surface area (TPSA) is 66.7 Å². The maximum Gasteiger partial charge on any atom is 0.232 e. The molecular formula is C14H20N4O. The summed E-state index contributed by atoms with van der Waals surface area (Å²) in [5.74, 6) is 1.90. The largest absolute Gasteiger partial charge is 0.359 e. The molecule has 19 heavy (non-hydrogen) atoms. The minimum Gasteiger partial charge on any atom is -0.359 e. The van der Waals surface area contributed by atoms with E-state index in [0.717, 1.165) is 24.7 Å². The van der Waals surface area contributed by atoms with Gasteiger partial charge in [0, 0.05) is 11.6 Å². The van der Waals surface area contributed by atoms with Gasteiger partial charge in [0.2, 0.25) is 11.7 Å². The molecule has 1 aliphatic heterocycles. The Balaban J connectivity index is 1.84. The summed E-state index contributed by atoms with van der Waals surface area (Å²) in [5, 5.41) is 7.53. The number of aromatic nitrogens is 3. The van der Waals surface area contributed by atoms with Crippen LogP contribution in [0.2, 0.25) is 0 Å². The highest BCUT2D eigenvalue weighted by atomic mass is 16.5. The molecule has 5 nitrogen and oxygen atoms in total. The van der Waals surface area contributed by atoms with Crippen molar-refractivity contribution in [2.45, 2.75) is 32.1 Å². The van der Waals surface area contributed by atoms with Gasteiger partial charge in [-0.2, -0.15) is 4.98 Å². The number of hydrogen-bond acceptors (Lipinski definition) is 4. The molecule has 3 rings (SSSR count). The Morgan fingerprint density at radius 3 is 3.00 bits per heavy atom. The van der Waals surface area contributed by atoms with E-state index in [-0.39, 0.29) is 5.41 Å². The molecule has 2 aromatic rings. The van der Waals surface area contributed by atoms with Crippen LogP contribution in [0.15, 0.2) is 22.9 Å². The lowest BCUT2D eigenvalue weighted by Crippen LogP contribution is -2.40. The highest BCUT2D eigenvalue weighted by Crippen LogP contribution is 2.35. The van der Waals surface area contributed by atoms with Crippen LogP contribution in [0.4, 0.5) is 0 Å². The molecule has 5 heteroatoms. The van der Waals surface area contributed by atoms with E-state index in [9.17, 15) is 0 Å². The van der Waals surface area contributed by atoms with E-state index in [1.54, 1.807) is 0 Å². The van der Waals surface area contributed by atoms with Crippen molar-refractivity contribution in [2.75, 3.05) is 13.1 Å². The summed E-state index contributed by atoms with van der Waals surface area (Å²) in [6.07, 6.45) is 4.29. The number of H-pyrrole nitrogens is 1. The van der Waals surface area contributed by atoms with E-state index in [4.69, 9.17) is 4.52 Å². The van der Waals surface area contributed by atoms with Gasteiger partial charge in [0.25, 0.3) is 0 Å². The molecule has 0 aromatic carbocycles. The number of hydrogen-bond donors (Lipinski definition) is 2. The zero-order valence-electron chi connectivity index (χ0n) is 11.4. The van der Waals surface area contributed by atoms with Crippen LogP contribution in [0.25, 0.3) is 11.5 Å². The predicted molar refractivity (Wildman–Crippen MR) is 72.7 cm³/mol. The van der Waals surface area contributed by atoms with Crippen molar-refractivity contribution in [2.24, 2.45) is 5.92 Å². The molecule has 1 saturated heterocycles. The molecule has 102 valence electrons. The molecule has 0 amide bonds. The number of rotatable bonds is 3. The first-order chi connectivity index (χ1) is 9.18. The quantitative estimate of drug-likeness (QED) is 0.889.